The molecule has 0 spiro atoms. The predicted molar refractivity (Wildman–Crippen MR) is 113 cm³/mol. The second kappa shape index (κ2) is 10.9. The van der Waals surface area contributed by atoms with Gasteiger partial charge in [-0.25, -0.2) is 0 Å². The average molecular weight is 520 g/mol. The molecule has 2 aliphatic carbocycles. The fourth-order valence-corrected chi connectivity index (χ4v) is 5.76. The number of furan rings is 1. The first-order valence-corrected chi connectivity index (χ1v) is 11.8. The molecule has 1 aromatic carbocycles. The first kappa shape index (κ1) is 24.4. The van der Waals surface area contributed by atoms with Crippen LogP contribution in [0.15, 0.2) is 76.0 Å². The molecule has 1 aromatic heterocycles. The fourth-order valence-electron chi connectivity index (χ4n) is 3.46. The Morgan fingerprint density at radius 2 is 1.79 bits per heavy atom. The number of rotatable bonds is 3. The van der Waals surface area contributed by atoms with Crippen molar-refractivity contribution in [1.82, 2.24) is 0 Å². The van der Waals surface area contributed by atoms with E-state index < -0.39 is 0 Å². The van der Waals surface area contributed by atoms with E-state index in [9.17, 15) is 0 Å². The van der Waals surface area contributed by atoms with Crippen LogP contribution < -0.4 is 24.8 Å². The second-order valence-electron chi connectivity index (χ2n) is 6.75. The van der Waals surface area contributed by atoms with Crippen LogP contribution in [0.1, 0.15) is 46.5 Å². The summed E-state index contributed by atoms with van der Waals surface area (Å²) in [7, 11) is 1.43. The molecule has 3 aliphatic rings. The minimum Gasteiger partial charge on any atom is -1.00 e. The summed E-state index contributed by atoms with van der Waals surface area (Å²) in [6, 6.07) is 12.8. The van der Waals surface area contributed by atoms with E-state index in [2.05, 4.69) is 80.6 Å². The summed E-state index contributed by atoms with van der Waals surface area (Å²) in [6.45, 7) is 4.33. The molecule has 147 valence electrons. The standard InChI is InChI=1S/C15H13O.C9H9P.2ClH.Zr/c1-2-14-7-8-15(16-14)13-9-11-5-3-4-6-12(11)10-13;1-2-8-6-7-4-3-5-9(7)10-8;;;/h3-10H,2H2,1H3;3-6H,2H2,1H3;2*1H;/q;;;;+2/p-2. The van der Waals surface area contributed by atoms with Crippen molar-refractivity contribution in [2.75, 3.05) is 0 Å². The molecule has 29 heavy (non-hydrogen) atoms. The van der Waals surface area contributed by atoms with Crippen LogP contribution in [0.2, 0.25) is 0 Å². The Morgan fingerprint density at radius 3 is 2.45 bits per heavy atom. The van der Waals surface area contributed by atoms with Gasteiger partial charge in [-0.05, 0) is 29.4 Å². The molecule has 5 heteroatoms. The van der Waals surface area contributed by atoms with Crippen molar-refractivity contribution in [3.05, 3.63) is 94.2 Å². The zero-order chi connectivity index (χ0) is 18.8. The molecule has 1 unspecified atom stereocenters. The van der Waals surface area contributed by atoms with Crippen molar-refractivity contribution in [3.8, 4) is 0 Å². The van der Waals surface area contributed by atoms with Crippen LogP contribution in [-0.4, -0.2) is 5.29 Å². The zero-order valence-electron chi connectivity index (χ0n) is 16.5. The number of fused-ring (bicyclic) bond motifs is 2. The first-order valence-electron chi connectivity index (χ1n) is 9.48. The molecule has 2 heterocycles. The van der Waals surface area contributed by atoms with Crippen molar-refractivity contribution in [1.29, 1.82) is 0 Å². The summed E-state index contributed by atoms with van der Waals surface area (Å²) in [5.41, 5.74) is 5.55. The number of halogens is 2. The summed E-state index contributed by atoms with van der Waals surface area (Å²) in [5.74, 6) is 2.11. The first-order chi connectivity index (χ1) is 13.2. The van der Waals surface area contributed by atoms with E-state index in [1.165, 1.54) is 66.9 Å². The fraction of sp³-hybridized carbons (Fsp3) is 0.208. The smallest absolute Gasteiger partial charge is 1.00 e. The van der Waals surface area contributed by atoms with Gasteiger partial charge in [0.25, 0.3) is 0 Å². The van der Waals surface area contributed by atoms with E-state index in [0.717, 1.165) is 17.9 Å². The molecule has 0 bridgehead atoms. The maximum absolute atomic E-state index is 5.86. The maximum atomic E-state index is 5.86. The van der Waals surface area contributed by atoms with Crippen LogP contribution in [0, 0.1) is 0 Å². The normalized spacial score (nSPS) is 18.1. The summed E-state index contributed by atoms with van der Waals surface area (Å²) in [6.07, 6.45) is 13.2. The Labute approximate surface area is 202 Å². The monoisotopic (exact) mass is 517 g/mol. The van der Waals surface area contributed by atoms with Gasteiger partial charge in [0.05, 0.1) is 0 Å². The summed E-state index contributed by atoms with van der Waals surface area (Å²) in [4.78, 5) is 0. The van der Waals surface area contributed by atoms with E-state index in [-0.39, 0.29) is 24.8 Å². The van der Waals surface area contributed by atoms with Gasteiger partial charge in [-0.3, -0.25) is 0 Å². The van der Waals surface area contributed by atoms with Crippen LogP contribution in [0.5, 0.6) is 0 Å². The molecule has 1 aliphatic heterocycles. The SMILES string of the molecule is CCC1=PC2=CC=CC2=C1.CCc1ccc(C2=Cc3ccccc3[CH]2[Zr+2])o1.[Cl-].[Cl-]. The second-order valence-corrected chi connectivity index (χ2v) is 9.45. The molecule has 0 saturated heterocycles. The Kier molecular flexibility index (Phi) is 9.18. The molecule has 5 rings (SSSR count). The number of benzene rings is 1. The largest absolute Gasteiger partial charge is 1.00 e. The molecule has 0 N–H and O–H groups in total. The molecule has 1 nitrogen and oxygen atoms in total. The third-order valence-electron chi connectivity index (χ3n) is 5.00. The molecule has 0 radical (unpaired) electrons. The molecule has 0 fully saturated rings. The summed E-state index contributed by atoms with van der Waals surface area (Å²) < 4.78 is 6.39. The van der Waals surface area contributed by atoms with Crippen LogP contribution >= 0.6 is 8.20 Å². The Morgan fingerprint density at radius 1 is 1.00 bits per heavy atom. The predicted octanol–water partition coefficient (Wildman–Crippen LogP) is 0.901. The molecule has 2 aromatic rings. The zero-order valence-corrected chi connectivity index (χ0v) is 21.3. The van der Waals surface area contributed by atoms with Crippen LogP contribution in [0.25, 0.3) is 11.6 Å². The summed E-state index contributed by atoms with van der Waals surface area (Å²) >= 11 is 1.52. The van der Waals surface area contributed by atoms with E-state index in [4.69, 9.17) is 4.42 Å². The average Bonchev–Trinajstić information content (AvgIpc) is 3.45. The van der Waals surface area contributed by atoms with Crippen molar-refractivity contribution in [2.24, 2.45) is 0 Å². The van der Waals surface area contributed by atoms with E-state index in [0.29, 0.717) is 3.63 Å². The molecule has 0 saturated carbocycles. The third-order valence-corrected chi connectivity index (χ3v) is 7.91. The third kappa shape index (κ3) is 5.23. The quantitative estimate of drug-likeness (QED) is 0.550. The number of hydrogen-bond acceptors (Lipinski definition) is 1. The van der Waals surface area contributed by atoms with Crippen molar-refractivity contribution >= 4 is 25.1 Å². The number of allylic oxidation sites excluding steroid dienone is 7. The number of aryl methyl sites for hydroxylation is 1. The van der Waals surface area contributed by atoms with E-state index in [1.807, 2.05) is 0 Å². The van der Waals surface area contributed by atoms with Gasteiger partial charge in [0.15, 0.2) is 0 Å². The van der Waals surface area contributed by atoms with Gasteiger partial charge in [0.1, 0.15) is 0 Å². The Hall–Kier alpha value is -0.907. The van der Waals surface area contributed by atoms with Crippen molar-refractivity contribution < 1.29 is 54.0 Å². The van der Waals surface area contributed by atoms with Gasteiger partial charge in [-0.2, -0.15) is 0 Å². The van der Waals surface area contributed by atoms with Crippen LogP contribution in [0.3, 0.4) is 0 Å². The maximum Gasteiger partial charge on any atom is -1.00 e. The van der Waals surface area contributed by atoms with Gasteiger partial charge >= 0.3 is 117 Å². The number of hydrogen-bond donors (Lipinski definition) is 0. The van der Waals surface area contributed by atoms with E-state index >= 15 is 0 Å². The summed E-state index contributed by atoms with van der Waals surface area (Å²) in [5, 5.41) is 3.03. The molecular formula is C24H22Cl2OPZr. The van der Waals surface area contributed by atoms with E-state index in [1.54, 1.807) is 5.29 Å². The Bertz CT molecular complexity index is 1030. The van der Waals surface area contributed by atoms with Crippen LogP contribution in [-0.2, 0) is 31.1 Å². The van der Waals surface area contributed by atoms with Gasteiger partial charge < -0.3 is 24.8 Å². The van der Waals surface area contributed by atoms with Crippen molar-refractivity contribution in [3.63, 3.8) is 0 Å². The van der Waals surface area contributed by atoms with Gasteiger partial charge in [-0.15, -0.1) is 0 Å². The van der Waals surface area contributed by atoms with Gasteiger partial charge in [-0.1, -0.05) is 27.3 Å². The minimum absolute atomic E-state index is 0. The van der Waals surface area contributed by atoms with Gasteiger partial charge in [0.2, 0.25) is 0 Å². The molecular weight excluding hydrogens is 497 g/mol. The Balaban J connectivity index is 0.000000216. The minimum atomic E-state index is 0. The topological polar surface area (TPSA) is 13.1 Å². The van der Waals surface area contributed by atoms with Gasteiger partial charge in [0, 0.05) is 5.31 Å². The van der Waals surface area contributed by atoms with Crippen molar-refractivity contribution in [2.45, 2.75) is 30.3 Å². The molecule has 1 atom stereocenters. The molecule has 0 amide bonds. The van der Waals surface area contributed by atoms with Crippen LogP contribution in [0.4, 0.5) is 0 Å².